The molecule has 0 radical (unpaired) electrons. The summed E-state index contributed by atoms with van der Waals surface area (Å²) < 4.78 is 1.55. The molecule has 0 bridgehead atoms. The van der Waals surface area contributed by atoms with E-state index in [0.717, 1.165) is 10.5 Å². The first-order chi connectivity index (χ1) is 11.5. The van der Waals surface area contributed by atoms with Gasteiger partial charge in [-0.2, -0.15) is 9.88 Å². The molecule has 2 aliphatic heterocycles. The minimum absolute atomic E-state index is 0.0582. The number of halogens is 1. The number of nitrogens with zero attached hydrogens (tertiary/aromatic N) is 5. The minimum atomic E-state index is -0.652. The fourth-order valence-electron chi connectivity index (χ4n) is 3.06. The number of rotatable bonds is 3. The molecule has 0 unspecified atom stereocenters. The van der Waals surface area contributed by atoms with Crippen LogP contribution in [-0.2, 0) is 11.3 Å². The third-order valence-corrected chi connectivity index (χ3v) is 4.46. The number of aliphatic hydroxyl groups excluding tert-OH is 1. The van der Waals surface area contributed by atoms with E-state index in [-0.39, 0.29) is 24.8 Å². The van der Waals surface area contributed by atoms with Crippen LogP contribution in [-0.4, -0.2) is 55.4 Å². The van der Waals surface area contributed by atoms with Crippen LogP contribution < -0.4 is 4.90 Å². The first kappa shape index (κ1) is 15.1. The Kier molecular flexibility index (Phi) is 3.50. The number of carbonyl (C=O) groups excluding carboxylic acids is 2. The number of imide groups is 1. The van der Waals surface area contributed by atoms with Crippen molar-refractivity contribution in [3.63, 3.8) is 0 Å². The smallest absolute Gasteiger partial charge is 0.334 e. The molecule has 4 rings (SSSR count). The van der Waals surface area contributed by atoms with Gasteiger partial charge in [-0.05, 0) is 17.7 Å². The SMILES string of the molecule is O=C1[C@@H]2C[C@@H](O)CN2C(=O)N1c1ncn(Cc2ccc(Cl)cc2)n1. The lowest BCUT2D eigenvalue weighted by Gasteiger charge is -2.12. The van der Waals surface area contributed by atoms with Gasteiger partial charge in [-0.15, -0.1) is 5.10 Å². The lowest BCUT2D eigenvalue weighted by molar-refractivity contribution is -0.119. The average Bonchev–Trinajstić information content (AvgIpc) is 3.21. The summed E-state index contributed by atoms with van der Waals surface area (Å²) in [6.07, 6.45) is 1.08. The molecule has 2 aliphatic rings. The van der Waals surface area contributed by atoms with Crippen LogP contribution in [0.4, 0.5) is 10.7 Å². The van der Waals surface area contributed by atoms with Gasteiger partial charge in [-0.25, -0.2) is 9.48 Å². The Balaban J connectivity index is 1.54. The zero-order valence-corrected chi connectivity index (χ0v) is 13.3. The van der Waals surface area contributed by atoms with Gasteiger partial charge in [0.25, 0.3) is 11.9 Å². The van der Waals surface area contributed by atoms with Crippen molar-refractivity contribution in [3.05, 3.63) is 41.2 Å². The van der Waals surface area contributed by atoms with Crippen molar-refractivity contribution >= 4 is 29.5 Å². The lowest BCUT2D eigenvalue weighted by Crippen LogP contribution is -2.35. The third kappa shape index (κ3) is 2.44. The summed E-state index contributed by atoms with van der Waals surface area (Å²) in [7, 11) is 0. The highest BCUT2D eigenvalue weighted by atomic mass is 35.5. The van der Waals surface area contributed by atoms with E-state index in [0.29, 0.717) is 11.6 Å². The molecular weight excluding hydrogens is 334 g/mol. The van der Waals surface area contributed by atoms with Gasteiger partial charge in [0.15, 0.2) is 0 Å². The predicted molar refractivity (Wildman–Crippen MR) is 84.6 cm³/mol. The van der Waals surface area contributed by atoms with Gasteiger partial charge >= 0.3 is 6.03 Å². The maximum atomic E-state index is 12.4. The number of carbonyl (C=O) groups is 2. The molecule has 9 heteroatoms. The van der Waals surface area contributed by atoms with Gasteiger partial charge in [-0.1, -0.05) is 23.7 Å². The number of benzene rings is 1. The third-order valence-electron chi connectivity index (χ3n) is 4.20. The second-order valence-electron chi connectivity index (χ2n) is 5.88. The quantitative estimate of drug-likeness (QED) is 0.832. The fraction of sp³-hybridized carbons (Fsp3) is 0.333. The highest BCUT2D eigenvalue weighted by molar-refractivity contribution is 6.30. The first-order valence-corrected chi connectivity index (χ1v) is 7.87. The number of fused-ring (bicyclic) bond motifs is 1. The molecule has 24 heavy (non-hydrogen) atoms. The van der Waals surface area contributed by atoms with Gasteiger partial charge in [0.05, 0.1) is 12.6 Å². The maximum absolute atomic E-state index is 12.4. The normalized spacial score (nSPS) is 23.2. The van der Waals surface area contributed by atoms with E-state index in [1.54, 1.807) is 16.8 Å². The molecule has 8 nitrogen and oxygen atoms in total. The van der Waals surface area contributed by atoms with Gasteiger partial charge in [0, 0.05) is 18.0 Å². The molecule has 3 amide bonds. The van der Waals surface area contributed by atoms with E-state index in [1.165, 1.54) is 11.2 Å². The minimum Gasteiger partial charge on any atom is -0.391 e. The summed E-state index contributed by atoms with van der Waals surface area (Å²) >= 11 is 5.85. The maximum Gasteiger partial charge on any atom is 0.334 e. The molecule has 0 spiro atoms. The Morgan fingerprint density at radius 1 is 1.25 bits per heavy atom. The Morgan fingerprint density at radius 3 is 2.71 bits per heavy atom. The molecule has 1 aromatic carbocycles. The second-order valence-corrected chi connectivity index (χ2v) is 6.32. The molecule has 2 fully saturated rings. The van der Waals surface area contributed by atoms with Crippen LogP contribution in [0.1, 0.15) is 12.0 Å². The van der Waals surface area contributed by atoms with Crippen molar-refractivity contribution in [3.8, 4) is 0 Å². The van der Waals surface area contributed by atoms with Crippen molar-refractivity contribution < 1.29 is 14.7 Å². The molecule has 0 aliphatic carbocycles. The molecule has 1 N–H and O–H groups in total. The van der Waals surface area contributed by atoms with Crippen LogP contribution in [0.5, 0.6) is 0 Å². The van der Waals surface area contributed by atoms with Gasteiger partial charge in [-0.3, -0.25) is 4.79 Å². The van der Waals surface area contributed by atoms with E-state index < -0.39 is 18.2 Å². The van der Waals surface area contributed by atoms with Crippen LogP contribution in [0, 0.1) is 0 Å². The Morgan fingerprint density at radius 2 is 2.00 bits per heavy atom. The zero-order chi connectivity index (χ0) is 16.8. The van der Waals surface area contributed by atoms with Crippen LogP contribution >= 0.6 is 11.6 Å². The number of urea groups is 1. The van der Waals surface area contributed by atoms with E-state index in [9.17, 15) is 14.7 Å². The first-order valence-electron chi connectivity index (χ1n) is 7.49. The Labute approximate surface area is 142 Å². The van der Waals surface area contributed by atoms with Gasteiger partial charge < -0.3 is 10.0 Å². The van der Waals surface area contributed by atoms with E-state index in [4.69, 9.17) is 11.6 Å². The molecule has 3 heterocycles. The van der Waals surface area contributed by atoms with Crippen LogP contribution in [0.15, 0.2) is 30.6 Å². The standard InChI is InChI=1S/C15H14ClN5O3/c16-10-3-1-9(2-4-10)6-19-8-17-14(18-19)21-13(23)12-5-11(22)7-20(12)15(21)24/h1-4,8,11-12,22H,5-7H2/t11-,12+/m1/s1. The molecule has 2 aromatic rings. The zero-order valence-electron chi connectivity index (χ0n) is 12.5. The van der Waals surface area contributed by atoms with Gasteiger partial charge in [0.2, 0.25) is 0 Å². The van der Waals surface area contributed by atoms with Crippen molar-refractivity contribution in [2.24, 2.45) is 0 Å². The molecule has 2 saturated heterocycles. The van der Waals surface area contributed by atoms with Crippen molar-refractivity contribution in [1.82, 2.24) is 19.7 Å². The Hall–Kier alpha value is -2.45. The summed E-state index contributed by atoms with van der Waals surface area (Å²) in [5.41, 5.74) is 0.971. The predicted octanol–water partition coefficient (Wildman–Crippen LogP) is 0.882. The van der Waals surface area contributed by atoms with Gasteiger partial charge in [0.1, 0.15) is 12.4 Å². The van der Waals surface area contributed by atoms with E-state index in [2.05, 4.69) is 10.1 Å². The van der Waals surface area contributed by atoms with Crippen LogP contribution in [0.3, 0.4) is 0 Å². The molecule has 0 saturated carbocycles. The highest BCUT2D eigenvalue weighted by Gasteiger charge is 2.51. The summed E-state index contributed by atoms with van der Waals surface area (Å²) in [4.78, 5) is 31.2. The van der Waals surface area contributed by atoms with E-state index in [1.807, 2.05) is 12.1 Å². The number of hydrogen-bond acceptors (Lipinski definition) is 5. The number of aliphatic hydroxyl groups is 1. The monoisotopic (exact) mass is 347 g/mol. The van der Waals surface area contributed by atoms with Crippen molar-refractivity contribution in [2.75, 3.05) is 11.4 Å². The molecule has 1 aromatic heterocycles. The summed E-state index contributed by atoms with van der Waals surface area (Å²) in [5, 5.41) is 14.5. The summed E-state index contributed by atoms with van der Waals surface area (Å²) in [5.74, 6) is -0.330. The molecular formula is C15H14ClN5O3. The number of amides is 3. The number of hydrogen-bond donors (Lipinski definition) is 1. The highest BCUT2D eigenvalue weighted by Crippen LogP contribution is 2.29. The molecule has 124 valence electrons. The summed E-state index contributed by atoms with van der Waals surface area (Å²) in [6.45, 7) is 0.615. The Bertz CT molecular complexity index is 782. The lowest BCUT2D eigenvalue weighted by atomic mass is 10.2. The number of anilines is 1. The average molecular weight is 348 g/mol. The molecule has 2 atom stereocenters. The van der Waals surface area contributed by atoms with Crippen molar-refractivity contribution in [2.45, 2.75) is 25.1 Å². The van der Waals surface area contributed by atoms with E-state index >= 15 is 0 Å². The van der Waals surface area contributed by atoms with Crippen LogP contribution in [0.25, 0.3) is 0 Å². The van der Waals surface area contributed by atoms with Crippen LogP contribution in [0.2, 0.25) is 5.02 Å². The fourth-order valence-corrected chi connectivity index (χ4v) is 3.18. The topological polar surface area (TPSA) is 91.6 Å². The second kappa shape index (κ2) is 5.57. The number of aromatic nitrogens is 3. The summed E-state index contributed by atoms with van der Waals surface area (Å²) in [6, 6.07) is 6.20. The largest absolute Gasteiger partial charge is 0.391 e. The van der Waals surface area contributed by atoms with Crippen molar-refractivity contribution in [1.29, 1.82) is 0 Å².